The molecule has 7 heteroatoms. The zero-order valence-electron chi connectivity index (χ0n) is 16.1. The number of pyridine rings is 1. The molecule has 2 heterocycles. The van der Waals surface area contributed by atoms with Gasteiger partial charge in [-0.2, -0.15) is 0 Å². The lowest BCUT2D eigenvalue weighted by Gasteiger charge is -2.13. The molecular formula is C22H20ClN5O. The number of anilines is 2. The maximum atomic E-state index is 12.8. The Hall–Kier alpha value is -3.38. The highest BCUT2D eigenvalue weighted by Crippen LogP contribution is 2.26. The van der Waals surface area contributed by atoms with Gasteiger partial charge in [-0.05, 0) is 48.5 Å². The van der Waals surface area contributed by atoms with Crippen molar-refractivity contribution in [1.82, 2.24) is 14.5 Å². The Bertz CT molecular complexity index is 1170. The molecule has 0 radical (unpaired) electrons. The number of nitrogens with zero attached hydrogens (tertiary/aromatic N) is 4. The molecule has 0 saturated carbocycles. The Morgan fingerprint density at radius 3 is 2.62 bits per heavy atom. The molecule has 4 aromatic rings. The van der Waals surface area contributed by atoms with Crippen LogP contribution >= 0.6 is 11.6 Å². The minimum absolute atomic E-state index is 0.0881. The van der Waals surface area contributed by atoms with Crippen LogP contribution in [0.2, 0.25) is 5.02 Å². The fourth-order valence-electron chi connectivity index (χ4n) is 3.14. The van der Waals surface area contributed by atoms with Gasteiger partial charge < -0.3 is 10.2 Å². The van der Waals surface area contributed by atoms with Gasteiger partial charge in [-0.15, -0.1) is 0 Å². The summed E-state index contributed by atoms with van der Waals surface area (Å²) in [5.74, 6) is 0.495. The number of nitrogens with one attached hydrogen (secondary N) is 1. The number of carbonyl (C=O) groups is 1. The first kappa shape index (κ1) is 19.0. The highest BCUT2D eigenvalue weighted by Gasteiger charge is 2.16. The van der Waals surface area contributed by atoms with E-state index in [1.165, 1.54) is 0 Å². The average molecular weight is 406 g/mol. The summed E-state index contributed by atoms with van der Waals surface area (Å²) in [7, 11) is 3.95. The molecule has 0 spiro atoms. The van der Waals surface area contributed by atoms with Gasteiger partial charge in [0, 0.05) is 42.3 Å². The van der Waals surface area contributed by atoms with Crippen LogP contribution in [0.5, 0.6) is 0 Å². The number of hydrogen-bond acceptors (Lipinski definition) is 4. The standard InChI is InChI=1S/C22H20ClN5O/c1-27(2)18-10-8-17(9-11-18)25-20(29)14-28-21(15-5-3-6-16(23)13-15)26-19-7-4-12-24-22(19)28/h3-13H,14H2,1-2H3,(H,25,29). The van der Waals surface area contributed by atoms with E-state index >= 15 is 0 Å². The predicted octanol–water partition coefficient (Wildman–Crippen LogP) is 4.46. The highest BCUT2D eigenvalue weighted by atomic mass is 35.5. The molecule has 2 aromatic heterocycles. The Labute approximate surface area is 173 Å². The normalized spacial score (nSPS) is 10.9. The second-order valence-corrected chi connectivity index (χ2v) is 7.30. The Morgan fingerprint density at radius 2 is 1.90 bits per heavy atom. The van der Waals surface area contributed by atoms with Gasteiger partial charge in [-0.25, -0.2) is 9.97 Å². The van der Waals surface area contributed by atoms with Crippen LogP contribution in [0.4, 0.5) is 11.4 Å². The third kappa shape index (κ3) is 4.07. The monoisotopic (exact) mass is 405 g/mol. The van der Waals surface area contributed by atoms with Crippen molar-refractivity contribution in [3.05, 3.63) is 71.9 Å². The quantitative estimate of drug-likeness (QED) is 0.532. The molecular weight excluding hydrogens is 386 g/mol. The van der Waals surface area contributed by atoms with Gasteiger partial charge in [0.2, 0.25) is 5.91 Å². The van der Waals surface area contributed by atoms with E-state index in [1.54, 1.807) is 12.3 Å². The molecule has 2 aromatic carbocycles. The van der Waals surface area contributed by atoms with E-state index in [0.29, 0.717) is 16.5 Å². The summed E-state index contributed by atoms with van der Waals surface area (Å²) in [5, 5.41) is 3.55. The minimum atomic E-state index is -0.157. The summed E-state index contributed by atoms with van der Waals surface area (Å²) >= 11 is 6.16. The van der Waals surface area contributed by atoms with E-state index in [9.17, 15) is 4.79 Å². The van der Waals surface area contributed by atoms with Gasteiger partial charge in [0.15, 0.2) is 5.65 Å². The second-order valence-electron chi connectivity index (χ2n) is 6.87. The topological polar surface area (TPSA) is 63.1 Å². The summed E-state index contributed by atoms with van der Waals surface area (Å²) in [6, 6.07) is 18.8. The smallest absolute Gasteiger partial charge is 0.244 e. The zero-order valence-corrected chi connectivity index (χ0v) is 16.9. The lowest BCUT2D eigenvalue weighted by molar-refractivity contribution is -0.116. The molecule has 29 heavy (non-hydrogen) atoms. The van der Waals surface area contributed by atoms with Crippen LogP contribution in [0.1, 0.15) is 0 Å². The summed E-state index contributed by atoms with van der Waals surface area (Å²) < 4.78 is 1.81. The number of halogens is 1. The molecule has 0 saturated heterocycles. The zero-order chi connectivity index (χ0) is 20.4. The minimum Gasteiger partial charge on any atom is -0.378 e. The fourth-order valence-corrected chi connectivity index (χ4v) is 3.33. The van der Waals surface area contributed by atoms with E-state index in [1.807, 2.05) is 78.2 Å². The summed E-state index contributed by atoms with van der Waals surface area (Å²) in [4.78, 5) is 23.9. The number of aromatic nitrogens is 3. The Balaban J connectivity index is 1.64. The molecule has 146 valence electrons. The Kier molecular flexibility index (Phi) is 5.18. The predicted molar refractivity (Wildman–Crippen MR) is 117 cm³/mol. The molecule has 0 fully saturated rings. The number of fused-ring (bicyclic) bond motifs is 1. The van der Waals surface area contributed by atoms with Crippen LogP contribution in [0.25, 0.3) is 22.6 Å². The van der Waals surface area contributed by atoms with Crippen LogP contribution < -0.4 is 10.2 Å². The van der Waals surface area contributed by atoms with Crippen molar-refractivity contribution >= 4 is 40.0 Å². The highest BCUT2D eigenvalue weighted by molar-refractivity contribution is 6.30. The van der Waals surface area contributed by atoms with Gasteiger partial charge in [0.05, 0.1) is 0 Å². The van der Waals surface area contributed by atoms with E-state index in [4.69, 9.17) is 11.6 Å². The molecule has 0 aliphatic carbocycles. The number of carbonyl (C=O) groups excluding carboxylic acids is 1. The summed E-state index contributed by atoms with van der Waals surface area (Å²) in [5.41, 5.74) is 4.02. The van der Waals surface area contributed by atoms with Gasteiger partial charge in [0.25, 0.3) is 0 Å². The van der Waals surface area contributed by atoms with Crippen LogP contribution in [-0.4, -0.2) is 34.5 Å². The third-order valence-electron chi connectivity index (χ3n) is 4.56. The van der Waals surface area contributed by atoms with Crippen molar-refractivity contribution in [1.29, 1.82) is 0 Å². The lowest BCUT2D eigenvalue weighted by Crippen LogP contribution is -2.19. The molecule has 0 unspecified atom stereocenters. The van der Waals surface area contributed by atoms with Crippen LogP contribution in [-0.2, 0) is 11.3 Å². The van der Waals surface area contributed by atoms with Crippen molar-refractivity contribution in [2.75, 3.05) is 24.3 Å². The molecule has 0 atom stereocenters. The number of amides is 1. The van der Waals surface area contributed by atoms with Crippen molar-refractivity contribution in [3.63, 3.8) is 0 Å². The largest absolute Gasteiger partial charge is 0.378 e. The van der Waals surface area contributed by atoms with Gasteiger partial charge >= 0.3 is 0 Å². The first-order chi connectivity index (χ1) is 14.0. The third-order valence-corrected chi connectivity index (χ3v) is 4.79. The first-order valence-electron chi connectivity index (χ1n) is 9.16. The summed E-state index contributed by atoms with van der Waals surface area (Å²) in [6.45, 7) is 0.0881. The van der Waals surface area contributed by atoms with E-state index in [0.717, 1.165) is 22.5 Å². The van der Waals surface area contributed by atoms with Gasteiger partial charge in [-0.3, -0.25) is 9.36 Å². The van der Waals surface area contributed by atoms with E-state index in [2.05, 4.69) is 15.3 Å². The second kappa shape index (κ2) is 7.93. The van der Waals surface area contributed by atoms with Gasteiger partial charge in [-0.1, -0.05) is 23.7 Å². The maximum Gasteiger partial charge on any atom is 0.244 e. The summed E-state index contributed by atoms with van der Waals surface area (Å²) in [6.07, 6.45) is 1.69. The van der Waals surface area contributed by atoms with Crippen molar-refractivity contribution in [3.8, 4) is 11.4 Å². The number of benzene rings is 2. The van der Waals surface area contributed by atoms with E-state index < -0.39 is 0 Å². The number of hydrogen-bond donors (Lipinski definition) is 1. The lowest BCUT2D eigenvalue weighted by atomic mass is 10.2. The van der Waals surface area contributed by atoms with Crippen molar-refractivity contribution in [2.45, 2.75) is 6.54 Å². The van der Waals surface area contributed by atoms with E-state index in [-0.39, 0.29) is 12.5 Å². The average Bonchev–Trinajstić information content (AvgIpc) is 3.07. The number of rotatable bonds is 5. The SMILES string of the molecule is CN(C)c1ccc(NC(=O)Cn2c(-c3cccc(Cl)c3)nc3cccnc32)cc1. The fraction of sp³-hybridized carbons (Fsp3) is 0.136. The molecule has 4 rings (SSSR count). The van der Waals surface area contributed by atoms with Crippen LogP contribution in [0.15, 0.2) is 66.9 Å². The molecule has 6 nitrogen and oxygen atoms in total. The van der Waals surface area contributed by atoms with Crippen LogP contribution in [0, 0.1) is 0 Å². The van der Waals surface area contributed by atoms with Crippen LogP contribution in [0.3, 0.4) is 0 Å². The van der Waals surface area contributed by atoms with Crippen molar-refractivity contribution < 1.29 is 4.79 Å². The van der Waals surface area contributed by atoms with Gasteiger partial charge in [0.1, 0.15) is 17.9 Å². The molecule has 0 aliphatic heterocycles. The molecule has 0 bridgehead atoms. The Morgan fingerprint density at radius 1 is 1.10 bits per heavy atom. The maximum absolute atomic E-state index is 12.8. The van der Waals surface area contributed by atoms with Crippen molar-refractivity contribution in [2.24, 2.45) is 0 Å². The molecule has 1 amide bonds. The molecule has 1 N–H and O–H groups in total. The molecule has 0 aliphatic rings. The first-order valence-corrected chi connectivity index (χ1v) is 9.53. The number of imidazole rings is 1.